The molecule has 0 aliphatic heterocycles. The lowest BCUT2D eigenvalue weighted by Gasteiger charge is -2.11. The molecule has 0 radical (unpaired) electrons. The second kappa shape index (κ2) is 5.63. The highest BCUT2D eigenvalue weighted by Gasteiger charge is 2.20. The first-order chi connectivity index (χ1) is 8.31. The molecular formula is C12H13N3OS. The lowest BCUT2D eigenvalue weighted by Crippen LogP contribution is -2.16. The molecule has 4 nitrogen and oxygen atoms in total. The predicted octanol–water partition coefficient (Wildman–Crippen LogP) is 2.56. The summed E-state index contributed by atoms with van der Waals surface area (Å²) in [4.78, 5) is 16.2. The van der Waals surface area contributed by atoms with Gasteiger partial charge in [-0.2, -0.15) is 5.10 Å². The number of carbonyl (C=O) groups excluding carboxylic acids is 1. The maximum atomic E-state index is 12.2. The van der Waals surface area contributed by atoms with E-state index in [2.05, 4.69) is 15.2 Å². The van der Waals surface area contributed by atoms with Gasteiger partial charge in [0, 0.05) is 5.56 Å². The maximum Gasteiger partial charge on any atom is 0.184 e. The van der Waals surface area contributed by atoms with E-state index in [1.807, 2.05) is 37.3 Å². The number of aromatic amines is 1. The summed E-state index contributed by atoms with van der Waals surface area (Å²) in [6, 6.07) is 9.33. The van der Waals surface area contributed by atoms with Gasteiger partial charge in [-0.15, -0.1) is 0 Å². The van der Waals surface area contributed by atoms with Gasteiger partial charge in [-0.3, -0.25) is 9.89 Å². The van der Waals surface area contributed by atoms with Crippen LogP contribution in [0.25, 0.3) is 0 Å². The summed E-state index contributed by atoms with van der Waals surface area (Å²) in [5.41, 5.74) is 0.742. The van der Waals surface area contributed by atoms with Gasteiger partial charge in [0.2, 0.25) is 0 Å². The van der Waals surface area contributed by atoms with Gasteiger partial charge < -0.3 is 0 Å². The number of H-pyrrole nitrogens is 1. The van der Waals surface area contributed by atoms with E-state index in [9.17, 15) is 4.79 Å². The molecule has 0 saturated carbocycles. The highest BCUT2D eigenvalue weighted by Crippen LogP contribution is 2.24. The van der Waals surface area contributed by atoms with Gasteiger partial charge in [-0.25, -0.2) is 4.98 Å². The third kappa shape index (κ3) is 2.94. The second-order valence-corrected chi connectivity index (χ2v) is 4.73. The second-order valence-electron chi connectivity index (χ2n) is 3.54. The smallest absolute Gasteiger partial charge is 0.184 e. The molecule has 1 heterocycles. The van der Waals surface area contributed by atoms with E-state index < -0.39 is 0 Å². The molecule has 0 fully saturated rings. The number of rotatable bonds is 5. The number of benzene rings is 1. The molecule has 88 valence electrons. The normalized spacial score (nSPS) is 12.3. The average molecular weight is 247 g/mol. The molecule has 2 rings (SSSR count). The molecule has 5 heteroatoms. The SMILES string of the molecule is CCC(Sc1ncn[nH]1)C(=O)c1ccccc1. The Kier molecular flexibility index (Phi) is 3.93. The van der Waals surface area contributed by atoms with E-state index in [0.29, 0.717) is 5.16 Å². The number of carbonyl (C=O) groups is 1. The van der Waals surface area contributed by atoms with Gasteiger partial charge in [0.05, 0.1) is 5.25 Å². The molecule has 17 heavy (non-hydrogen) atoms. The number of aromatic nitrogens is 3. The number of hydrogen-bond donors (Lipinski definition) is 1. The summed E-state index contributed by atoms with van der Waals surface area (Å²) in [7, 11) is 0. The molecule has 0 aliphatic rings. The predicted molar refractivity (Wildman–Crippen MR) is 67.1 cm³/mol. The highest BCUT2D eigenvalue weighted by atomic mass is 32.2. The third-order valence-corrected chi connectivity index (χ3v) is 3.62. The summed E-state index contributed by atoms with van der Waals surface area (Å²) in [5.74, 6) is 0.134. The van der Waals surface area contributed by atoms with Gasteiger partial charge in [0.25, 0.3) is 0 Å². The minimum atomic E-state index is -0.120. The Morgan fingerprint density at radius 1 is 1.41 bits per heavy atom. The third-order valence-electron chi connectivity index (χ3n) is 2.37. The highest BCUT2D eigenvalue weighted by molar-refractivity contribution is 8.00. The molecule has 0 bridgehead atoms. The Balaban J connectivity index is 2.11. The number of thioether (sulfide) groups is 1. The summed E-state index contributed by atoms with van der Waals surface area (Å²) < 4.78 is 0. The molecular weight excluding hydrogens is 234 g/mol. The lowest BCUT2D eigenvalue weighted by molar-refractivity contribution is 0.0988. The van der Waals surface area contributed by atoms with Crippen molar-refractivity contribution in [3.8, 4) is 0 Å². The fraction of sp³-hybridized carbons (Fsp3) is 0.250. The van der Waals surface area contributed by atoms with Crippen LogP contribution in [0.1, 0.15) is 23.7 Å². The number of Topliss-reactive ketones (excluding diaryl/α,β-unsaturated/α-hetero) is 1. The summed E-state index contributed by atoms with van der Waals surface area (Å²) >= 11 is 1.42. The average Bonchev–Trinajstić information content (AvgIpc) is 2.89. The van der Waals surface area contributed by atoms with Crippen LogP contribution in [0.4, 0.5) is 0 Å². The maximum absolute atomic E-state index is 12.2. The zero-order chi connectivity index (χ0) is 12.1. The molecule has 1 aromatic carbocycles. The Morgan fingerprint density at radius 2 is 2.18 bits per heavy atom. The van der Waals surface area contributed by atoms with Crippen molar-refractivity contribution >= 4 is 17.5 Å². The topological polar surface area (TPSA) is 58.6 Å². The molecule has 1 atom stereocenters. The van der Waals surface area contributed by atoms with Crippen LogP contribution in [0.3, 0.4) is 0 Å². The molecule has 1 aromatic heterocycles. The zero-order valence-electron chi connectivity index (χ0n) is 9.46. The van der Waals surface area contributed by atoms with Gasteiger partial charge in [-0.1, -0.05) is 49.0 Å². The van der Waals surface area contributed by atoms with Crippen LogP contribution < -0.4 is 0 Å². The fourth-order valence-corrected chi connectivity index (χ4v) is 2.39. The number of ketones is 1. The first kappa shape index (κ1) is 11.9. The van der Waals surface area contributed by atoms with E-state index in [1.165, 1.54) is 18.1 Å². The largest absolute Gasteiger partial charge is 0.293 e. The van der Waals surface area contributed by atoms with Crippen LogP contribution in [-0.4, -0.2) is 26.2 Å². The molecule has 1 unspecified atom stereocenters. The first-order valence-corrected chi connectivity index (χ1v) is 6.30. The van der Waals surface area contributed by atoms with Crippen molar-refractivity contribution in [1.82, 2.24) is 15.2 Å². The van der Waals surface area contributed by atoms with Crippen molar-refractivity contribution in [2.24, 2.45) is 0 Å². The Morgan fingerprint density at radius 3 is 2.76 bits per heavy atom. The molecule has 1 N–H and O–H groups in total. The lowest BCUT2D eigenvalue weighted by atomic mass is 10.1. The van der Waals surface area contributed by atoms with Crippen LogP contribution in [0, 0.1) is 0 Å². The van der Waals surface area contributed by atoms with Crippen molar-refractivity contribution in [2.45, 2.75) is 23.8 Å². The van der Waals surface area contributed by atoms with Crippen molar-refractivity contribution < 1.29 is 4.79 Å². The minimum absolute atomic E-state index is 0.120. The Hall–Kier alpha value is -1.62. The van der Waals surface area contributed by atoms with Crippen LogP contribution in [0.2, 0.25) is 0 Å². The fourth-order valence-electron chi connectivity index (χ4n) is 1.50. The van der Waals surface area contributed by atoms with Gasteiger partial charge in [0.15, 0.2) is 10.9 Å². The van der Waals surface area contributed by atoms with Crippen LogP contribution in [0.5, 0.6) is 0 Å². The summed E-state index contributed by atoms with van der Waals surface area (Å²) in [6.07, 6.45) is 2.21. The number of nitrogens with zero attached hydrogens (tertiary/aromatic N) is 2. The van der Waals surface area contributed by atoms with Crippen molar-refractivity contribution in [2.75, 3.05) is 0 Å². The van der Waals surface area contributed by atoms with Crippen LogP contribution in [-0.2, 0) is 0 Å². The summed E-state index contributed by atoms with van der Waals surface area (Å²) in [6.45, 7) is 1.99. The van der Waals surface area contributed by atoms with E-state index in [4.69, 9.17) is 0 Å². The molecule has 0 spiro atoms. The van der Waals surface area contributed by atoms with Crippen molar-refractivity contribution in [3.63, 3.8) is 0 Å². The van der Waals surface area contributed by atoms with Gasteiger partial charge in [-0.05, 0) is 6.42 Å². The van der Waals surface area contributed by atoms with E-state index in [1.54, 1.807) is 0 Å². The zero-order valence-corrected chi connectivity index (χ0v) is 10.3. The van der Waals surface area contributed by atoms with E-state index in [-0.39, 0.29) is 11.0 Å². The van der Waals surface area contributed by atoms with Crippen LogP contribution >= 0.6 is 11.8 Å². The monoisotopic (exact) mass is 247 g/mol. The quantitative estimate of drug-likeness (QED) is 0.651. The molecule has 0 aliphatic carbocycles. The van der Waals surface area contributed by atoms with Gasteiger partial charge in [0.1, 0.15) is 6.33 Å². The standard InChI is InChI=1S/C12H13N3OS/c1-2-10(17-12-13-8-14-15-12)11(16)9-6-4-3-5-7-9/h3-8,10H,2H2,1H3,(H,13,14,15). The molecule has 2 aromatic rings. The summed E-state index contributed by atoms with van der Waals surface area (Å²) in [5, 5.41) is 7.09. The van der Waals surface area contributed by atoms with Crippen LogP contribution in [0.15, 0.2) is 41.8 Å². The van der Waals surface area contributed by atoms with Crippen molar-refractivity contribution in [3.05, 3.63) is 42.2 Å². The molecule has 0 saturated heterocycles. The van der Waals surface area contributed by atoms with Crippen molar-refractivity contribution in [1.29, 1.82) is 0 Å². The first-order valence-electron chi connectivity index (χ1n) is 5.42. The Labute approximate surface area is 104 Å². The molecule has 0 amide bonds. The van der Waals surface area contributed by atoms with Gasteiger partial charge >= 0.3 is 0 Å². The minimum Gasteiger partial charge on any atom is -0.293 e. The number of hydrogen-bond acceptors (Lipinski definition) is 4. The Bertz CT molecular complexity index is 470. The van der Waals surface area contributed by atoms with E-state index >= 15 is 0 Å². The van der Waals surface area contributed by atoms with E-state index in [0.717, 1.165) is 12.0 Å². The number of nitrogens with one attached hydrogen (secondary N) is 1.